The largest absolute Gasteiger partial charge is 0.489 e. The predicted octanol–water partition coefficient (Wildman–Crippen LogP) is 3.05. The van der Waals surface area contributed by atoms with Crippen LogP contribution in [-0.2, 0) is 4.79 Å². The monoisotopic (exact) mass is 284 g/mol. The van der Waals surface area contributed by atoms with E-state index >= 15 is 0 Å². The molecule has 0 radical (unpaired) electrons. The van der Waals surface area contributed by atoms with E-state index in [0.717, 1.165) is 0 Å². The van der Waals surface area contributed by atoms with Crippen molar-refractivity contribution >= 4 is 23.2 Å². The maximum absolute atomic E-state index is 11.8. The van der Waals surface area contributed by atoms with Gasteiger partial charge in [0, 0.05) is 11.6 Å². The maximum Gasteiger partial charge on any atom is 0.227 e. The summed E-state index contributed by atoms with van der Waals surface area (Å²) in [5.74, 6) is 0.444. The van der Waals surface area contributed by atoms with Crippen molar-refractivity contribution in [3.05, 3.63) is 23.2 Å². The Labute approximate surface area is 119 Å². The van der Waals surface area contributed by atoms with E-state index in [1.54, 1.807) is 18.2 Å². The molecule has 0 heterocycles. The number of anilines is 1. The van der Waals surface area contributed by atoms with Gasteiger partial charge in [0.15, 0.2) is 0 Å². The van der Waals surface area contributed by atoms with Crippen LogP contribution in [0.1, 0.15) is 27.2 Å². The van der Waals surface area contributed by atoms with Gasteiger partial charge in [-0.25, -0.2) is 0 Å². The fourth-order valence-electron chi connectivity index (χ4n) is 1.57. The third-order valence-corrected chi connectivity index (χ3v) is 2.90. The van der Waals surface area contributed by atoms with E-state index < -0.39 is 0 Å². The summed E-state index contributed by atoms with van der Waals surface area (Å²) < 4.78 is 5.53. The number of hydrogen-bond acceptors (Lipinski definition) is 3. The number of ether oxygens (including phenoxy) is 1. The molecule has 0 fully saturated rings. The van der Waals surface area contributed by atoms with Gasteiger partial charge in [0.1, 0.15) is 5.75 Å². The molecule has 0 bridgehead atoms. The number of nitrogens with two attached hydrogens (primary N) is 1. The average molecular weight is 285 g/mol. The lowest BCUT2D eigenvalue weighted by Gasteiger charge is -2.14. The second-order valence-corrected chi connectivity index (χ2v) is 5.19. The minimum atomic E-state index is -0.115. The van der Waals surface area contributed by atoms with Gasteiger partial charge in [-0.2, -0.15) is 0 Å². The zero-order chi connectivity index (χ0) is 14.4. The topological polar surface area (TPSA) is 64.3 Å². The number of nitrogens with one attached hydrogen (secondary N) is 1. The quantitative estimate of drug-likeness (QED) is 0.844. The summed E-state index contributed by atoms with van der Waals surface area (Å²) in [6, 6.07) is 5.22. The molecule has 3 N–H and O–H groups in total. The summed E-state index contributed by atoms with van der Waals surface area (Å²) in [4.78, 5) is 11.8. The molecule has 1 amide bonds. The van der Waals surface area contributed by atoms with Crippen LogP contribution in [0.15, 0.2) is 18.2 Å². The minimum absolute atomic E-state index is 0.0564. The summed E-state index contributed by atoms with van der Waals surface area (Å²) in [5, 5.41) is 3.30. The van der Waals surface area contributed by atoms with Gasteiger partial charge >= 0.3 is 0 Å². The Morgan fingerprint density at radius 1 is 1.42 bits per heavy atom. The number of amides is 1. The van der Waals surface area contributed by atoms with Gasteiger partial charge in [0.05, 0.1) is 11.1 Å². The van der Waals surface area contributed by atoms with Crippen molar-refractivity contribution in [3.8, 4) is 5.75 Å². The summed E-state index contributed by atoms with van der Waals surface area (Å²) in [6.45, 7) is 6.21. The maximum atomic E-state index is 11.8. The van der Waals surface area contributed by atoms with E-state index in [4.69, 9.17) is 22.1 Å². The molecule has 0 spiro atoms. The molecule has 1 aromatic carbocycles. The van der Waals surface area contributed by atoms with Crippen LogP contribution in [0, 0.1) is 5.92 Å². The van der Waals surface area contributed by atoms with Crippen LogP contribution in [0.3, 0.4) is 0 Å². The van der Waals surface area contributed by atoms with E-state index in [1.807, 2.05) is 20.8 Å². The molecule has 1 unspecified atom stereocenters. The molecule has 0 aromatic heterocycles. The minimum Gasteiger partial charge on any atom is -0.489 e. The van der Waals surface area contributed by atoms with Crippen molar-refractivity contribution < 1.29 is 9.53 Å². The summed E-state index contributed by atoms with van der Waals surface area (Å²) >= 11 is 6.10. The molecular weight excluding hydrogens is 264 g/mol. The number of carbonyl (C=O) groups excluding carboxylic acids is 1. The van der Waals surface area contributed by atoms with Crippen LogP contribution >= 0.6 is 11.6 Å². The van der Waals surface area contributed by atoms with E-state index in [9.17, 15) is 4.79 Å². The van der Waals surface area contributed by atoms with Gasteiger partial charge in [0.2, 0.25) is 5.91 Å². The Balaban J connectivity index is 2.70. The van der Waals surface area contributed by atoms with Gasteiger partial charge in [-0.15, -0.1) is 0 Å². The highest BCUT2D eigenvalue weighted by molar-refractivity contribution is 6.32. The fourth-order valence-corrected chi connectivity index (χ4v) is 1.80. The Hall–Kier alpha value is -1.26. The van der Waals surface area contributed by atoms with Crippen LogP contribution in [-0.4, -0.2) is 18.6 Å². The molecule has 106 valence electrons. The molecule has 4 nitrogen and oxygen atoms in total. The van der Waals surface area contributed by atoms with Crippen LogP contribution in [0.25, 0.3) is 0 Å². The lowest BCUT2D eigenvalue weighted by molar-refractivity contribution is -0.119. The van der Waals surface area contributed by atoms with Crippen LogP contribution in [0.5, 0.6) is 5.75 Å². The van der Waals surface area contributed by atoms with Gasteiger partial charge in [-0.1, -0.05) is 18.5 Å². The van der Waals surface area contributed by atoms with E-state index in [-0.39, 0.29) is 17.9 Å². The molecule has 0 aliphatic heterocycles. The van der Waals surface area contributed by atoms with Crippen LogP contribution < -0.4 is 15.8 Å². The molecule has 0 aliphatic rings. The molecule has 1 atom stereocenters. The number of carbonyl (C=O) groups is 1. The molecule has 0 saturated heterocycles. The molecule has 19 heavy (non-hydrogen) atoms. The zero-order valence-electron chi connectivity index (χ0n) is 11.6. The first-order chi connectivity index (χ1) is 8.93. The van der Waals surface area contributed by atoms with Crippen molar-refractivity contribution in [2.24, 2.45) is 11.7 Å². The summed E-state index contributed by atoms with van der Waals surface area (Å²) in [5.41, 5.74) is 6.10. The molecule has 1 rings (SSSR count). The van der Waals surface area contributed by atoms with Crippen molar-refractivity contribution in [1.82, 2.24) is 0 Å². The highest BCUT2D eigenvalue weighted by Crippen LogP contribution is 2.28. The highest BCUT2D eigenvalue weighted by Gasteiger charge is 2.13. The van der Waals surface area contributed by atoms with Crippen molar-refractivity contribution in [3.63, 3.8) is 0 Å². The van der Waals surface area contributed by atoms with Crippen LogP contribution in [0.2, 0.25) is 5.02 Å². The first-order valence-electron chi connectivity index (χ1n) is 6.41. The smallest absolute Gasteiger partial charge is 0.227 e. The second-order valence-electron chi connectivity index (χ2n) is 4.78. The van der Waals surface area contributed by atoms with Gasteiger partial charge in [-0.05, 0) is 45.0 Å². The average Bonchev–Trinajstić information content (AvgIpc) is 2.32. The normalized spacial score (nSPS) is 12.3. The van der Waals surface area contributed by atoms with Crippen molar-refractivity contribution in [2.45, 2.75) is 33.3 Å². The first kappa shape index (κ1) is 15.8. The van der Waals surface area contributed by atoms with Crippen LogP contribution in [0.4, 0.5) is 5.69 Å². The van der Waals surface area contributed by atoms with E-state index in [0.29, 0.717) is 29.4 Å². The SMILES string of the molecule is CC(C)Oc1ccc(NC(=O)C(C)CCN)cc1Cl. The highest BCUT2D eigenvalue weighted by atomic mass is 35.5. The Morgan fingerprint density at radius 2 is 2.11 bits per heavy atom. The lowest BCUT2D eigenvalue weighted by atomic mass is 10.1. The summed E-state index contributed by atoms with van der Waals surface area (Å²) in [7, 11) is 0. The van der Waals surface area contributed by atoms with Crippen molar-refractivity contribution in [2.75, 3.05) is 11.9 Å². The number of benzene rings is 1. The van der Waals surface area contributed by atoms with Gasteiger partial charge in [0.25, 0.3) is 0 Å². The number of hydrogen-bond donors (Lipinski definition) is 2. The molecule has 5 heteroatoms. The van der Waals surface area contributed by atoms with Crippen molar-refractivity contribution in [1.29, 1.82) is 0 Å². The number of rotatable bonds is 6. The van der Waals surface area contributed by atoms with Gasteiger partial charge in [-0.3, -0.25) is 4.79 Å². The Bertz CT molecular complexity index is 435. The molecule has 0 aliphatic carbocycles. The third-order valence-electron chi connectivity index (χ3n) is 2.61. The number of halogens is 1. The standard InChI is InChI=1S/C14H21ClN2O2/c1-9(2)19-13-5-4-11(8-12(13)15)17-14(18)10(3)6-7-16/h4-5,8-10H,6-7,16H2,1-3H3,(H,17,18). The Kier molecular flexibility index (Phi) is 6.12. The zero-order valence-corrected chi connectivity index (χ0v) is 12.3. The molecule has 1 aromatic rings. The van der Waals surface area contributed by atoms with E-state index in [2.05, 4.69) is 5.32 Å². The predicted molar refractivity (Wildman–Crippen MR) is 78.7 cm³/mol. The summed E-state index contributed by atoms with van der Waals surface area (Å²) in [6.07, 6.45) is 0.719. The van der Waals surface area contributed by atoms with E-state index in [1.165, 1.54) is 0 Å². The first-order valence-corrected chi connectivity index (χ1v) is 6.79. The fraction of sp³-hybridized carbons (Fsp3) is 0.500. The molecular formula is C14H21ClN2O2. The van der Waals surface area contributed by atoms with Gasteiger partial charge < -0.3 is 15.8 Å². The second kappa shape index (κ2) is 7.36. The molecule has 0 saturated carbocycles. The lowest BCUT2D eigenvalue weighted by Crippen LogP contribution is -2.22. The Morgan fingerprint density at radius 3 is 2.63 bits per heavy atom. The third kappa shape index (κ3) is 5.09.